The van der Waals surface area contributed by atoms with Gasteiger partial charge in [-0.1, -0.05) is 31.2 Å². The lowest BCUT2D eigenvalue weighted by Crippen LogP contribution is -2.50. The number of carbonyl (C=O) groups excluding carboxylic acids is 1. The predicted octanol–water partition coefficient (Wildman–Crippen LogP) is 2.75. The van der Waals surface area contributed by atoms with Gasteiger partial charge in [-0.25, -0.2) is 4.79 Å². The summed E-state index contributed by atoms with van der Waals surface area (Å²) in [5, 5.41) is 2.81. The van der Waals surface area contributed by atoms with E-state index in [1.807, 2.05) is 39.0 Å². The first-order valence-electron chi connectivity index (χ1n) is 6.87. The van der Waals surface area contributed by atoms with Crippen molar-refractivity contribution in [3.8, 4) is 0 Å². The second-order valence-electron chi connectivity index (χ2n) is 6.09. The van der Waals surface area contributed by atoms with Crippen molar-refractivity contribution in [2.75, 3.05) is 6.54 Å². The highest BCUT2D eigenvalue weighted by atomic mass is 16.6. The molecule has 1 aliphatic rings. The Labute approximate surface area is 116 Å². The van der Waals surface area contributed by atoms with Crippen LogP contribution in [0.4, 0.5) is 4.79 Å². The Morgan fingerprint density at radius 2 is 2.16 bits per heavy atom. The molecule has 108 valence electrons. The van der Waals surface area contributed by atoms with Crippen LogP contribution in [0.1, 0.15) is 40.5 Å². The normalized spacial score (nSPS) is 24.1. The number of hydrogen-bond acceptors (Lipinski definition) is 3. The molecule has 2 unspecified atom stereocenters. The zero-order valence-electron chi connectivity index (χ0n) is 12.4. The minimum Gasteiger partial charge on any atom is -0.444 e. The second-order valence-corrected chi connectivity index (χ2v) is 6.09. The van der Waals surface area contributed by atoms with Crippen molar-refractivity contribution in [2.45, 2.75) is 51.7 Å². The van der Waals surface area contributed by atoms with Crippen molar-refractivity contribution in [3.05, 3.63) is 24.3 Å². The van der Waals surface area contributed by atoms with Crippen LogP contribution < -0.4 is 11.1 Å². The van der Waals surface area contributed by atoms with Gasteiger partial charge in [0.15, 0.2) is 0 Å². The van der Waals surface area contributed by atoms with E-state index in [1.54, 1.807) is 0 Å². The molecular weight excluding hydrogens is 240 g/mol. The summed E-state index contributed by atoms with van der Waals surface area (Å²) in [5.74, 6) is 0.196. The van der Waals surface area contributed by atoms with E-state index < -0.39 is 5.60 Å². The summed E-state index contributed by atoms with van der Waals surface area (Å²) in [7, 11) is 0. The lowest BCUT2D eigenvalue weighted by molar-refractivity contribution is 0.0513. The van der Waals surface area contributed by atoms with Crippen molar-refractivity contribution in [1.29, 1.82) is 0 Å². The number of rotatable bonds is 4. The Bertz CT molecular complexity index is 369. The molecule has 4 nitrogen and oxygen atoms in total. The summed E-state index contributed by atoms with van der Waals surface area (Å²) in [6.45, 7) is 8.16. The maximum absolute atomic E-state index is 11.7. The van der Waals surface area contributed by atoms with Gasteiger partial charge in [-0.05, 0) is 39.5 Å². The first-order valence-corrected chi connectivity index (χ1v) is 6.87. The maximum atomic E-state index is 11.7. The Balaban J connectivity index is 2.52. The summed E-state index contributed by atoms with van der Waals surface area (Å²) in [5.41, 5.74) is 5.55. The number of alkyl carbamates (subject to hydrolysis) is 1. The Hall–Kier alpha value is -1.29. The Morgan fingerprint density at radius 1 is 1.47 bits per heavy atom. The smallest absolute Gasteiger partial charge is 0.407 e. The highest BCUT2D eigenvalue weighted by Crippen LogP contribution is 2.26. The van der Waals surface area contributed by atoms with Crippen molar-refractivity contribution >= 4 is 6.09 Å². The molecule has 0 radical (unpaired) electrons. The lowest BCUT2D eigenvalue weighted by atomic mass is 9.78. The van der Waals surface area contributed by atoms with Gasteiger partial charge in [-0.15, -0.1) is 0 Å². The van der Waals surface area contributed by atoms with E-state index in [4.69, 9.17) is 10.5 Å². The molecule has 1 amide bonds. The number of nitrogens with two attached hydrogens (primary N) is 1. The first-order chi connectivity index (χ1) is 8.77. The maximum Gasteiger partial charge on any atom is 0.407 e. The minimum absolute atomic E-state index is 0.196. The molecule has 4 heteroatoms. The molecular formula is C15H26N2O2. The van der Waals surface area contributed by atoms with Gasteiger partial charge in [0.2, 0.25) is 0 Å². The Morgan fingerprint density at radius 3 is 2.63 bits per heavy atom. The fourth-order valence-electron chi connectivity index (χ4n) is 2.19. The lowest BCUT2D eigenvalue weighted by Gasteiger charge is -2.35. The van der Waals surface area contributed by atoms with E-state index in [0.29, 0.717) is 6.54 Å². The summed E-state index contributed by atoms with van der Waals surface area (Å²) in [6, 6.07) is 0. The van der Waals surface area contributed by atoms with Crippen LogP contribution in [0.15, 0.2) is 24.3 Å². The second kappa shape index (κ2) is 6.24. The molecule has 0 aromatic heterocycles. The van der Waals surface area contributed by atoms with E-state index in [1.165, 1.54) is 0 Å². The third kappa shape index (κ3) is 5.07. The van der Waals surface area contributed by atoms with E-state index in [-0.39, 0.29) is 17.6 Å². The molecule has 1 aliphatic carbocycles. The quantitative estimate of drug-likeness (QED) is 0.822. The van der Waals surface area contributed by atoms with E-state index in [2.05, 4.69) is 18.3 Å². The van der Waals surface area contributed by atoms with Crippen LogP contribution in [-0.4, -0.2) is 23.8 Å². The van der Waals surface area contributed by atoms with E-state index in [9.17, 15) is 4.79 Å². The highest BCUT2D eigenvalue weighted by Gasteiger charge is 2.31. The van der Waals surface area contributed by atoms with Crippen LogP contribution in [-0.2, 0) is 4.74 Å². The van der Waals surface area contributed by atoms with Crippen molar-refractivity contribution in [1.82, 2.24) is 5.32 Å². The molecule has 19 heavy (non-hydrogen) atoms. The molecule has 0 saturated heterocycles. The van der Waals surface area contributed by atoms with Gasteiger partial charge in [-0.2, -0.15) is 0 Å². The van der Waals surface area contributed by atoms with Crippen LogP contribution in [0.2, 0.25) is 0 Å². The fraction of sp³-hybridized carbons (Fsp3) is 0.667. The SMILES string of the molecule is CCC(CNC(=O)OC(C)(C)C)C1(N)C=CC=CC1. The third-order valence-electron chi connectivity index (χ3n) is 3.27. The van der Waals surface area contributed by atoms with E-state index in [0.717, 1.165) is 12.8 Å². The predicted molar refractivity (Wildman–Crippen MR) is 77.8 cm³/mol. The fourth-order valence-corrected chi connectivity index (χ4v) is 2.19. The summed E-state index contributed by atoms with van der Waals surface area (Å²) in [6.07, 6.45) is 9.39. The average Bonchev–Trinajstić information content (AvgIpc) is 2.28. The molecule has 0 aromatic carbocycles. The van der Waals surface area contributed by atoms with Crippen LogP contribution >= 0.6 is 0 Å². The number of nitrogens with one attached hydrogen (secondary N) is 1. The number of ether oxygens (including phenoxy) is 1. The highest BCUT2D eigenvalue weighted by molar-refractivity contribution is 5.67. The standard InChI is InChI=1S/C15H26N2O2/c1-5-12(15(16)9-7-6-8-10-15)11-17-13(18)19-14(2,3)4/h6-9,12H,5,10-11,16H2,1-4H3,(H,17,18). The summed E-state index contributed by atoms with van der Waals surface area (Å²) >= 11 is 0. The molecule has 0 spiro atoms. The topological polar surface area (TPSA) is 64.3 Å². The van der Waals surface area contributed by atoms with Crippen LogP contribution in [0.25, 0.3) is 0 Å². The monoisotopic (exact) mass is 266 g/mol. The largest absolute Gasteiger partial charge is 0.444 e. The molecule has 3 N–H and O–H groups in total. The van der Waals surface area contributed by atoms with Gasteiger partial charge in [-0.3, -0.25) is 0 Å². The van der Waals surface area contributed by atoms with E-state index >= 15 is 0 Å². The van der Waals surface area contributed by atoms with Gasteiger partial charge in [0.25, 0.3) is 0 Å². The number of hydrogen-bond donors (Lipinski definition) is 2. The van der Waals surface area contributed by atoms with Crippen LogP contribution in [0.5, 0.6) is 0 Å². The molecule has 0 bridgehead atoms. The molecule has 0 aliphatic heterocycles. The zero-order valence-corrected chi connectivity index (χ0v) is 12.4. The van der Waals surface area contributed by atoms with Crippen LogP contribution in [0.3, 0.4) is 0 Å². The summed E-state index contributed by atoms with van der Waals surface area (Å²) in [4.78, 5) is 11.7. The van der Waals surface area contributed by atoms with Crippen molar-refractivity contribution in [2.24, 2.45) is 11.7 Å². The van der Waals surface area contributed by atoms with Crippen molar-refractivity contribution in [3.63, 3.8) is 0 Å². The molecule has 1 rings (SSSR count). The van der Waals surface area contributed by atoms with Gasteiger partial charge in [0.1, 0.15) is 5.60 Å². The number of carbonyl (C=O) groups is 1. The van der Waals surface area contributed by atoms with Gasteiger partial charge in [0, 0.05) is 12.1 Å². The Kier molecular flexibility index (Phi) is 5.18. The van der Waals surface area contributed by atoms with Gasteiger partial charge < -0.3 is 15.8 Å². The van der Waals surface area contributed by atoms with Gasteiger partial charge >= 0.3 is 6.09 Å². The molecule has 0 fully saturated rings. The van der Waals surface area contributed by atoms with Crippen LogP contribution in [0, 0.1) is 5.92 Å². The number of amides is 1. The van der Waals surface area contributed by atoms with Gasteiger partial charge in [0.05, 0.1) is 0 Å². The first kappa shape index (κ1) is 15.8. The minimum atomic E-state index is -0.473. The summed E-state index contributed by atoms with van der Waals surface area (Å²) < 4.78 is 5.23. The number of allylic oxidation sites excluding steroid dienone is 2. The van der Waals surface area contributed by atoms with Crippen molar-refractivity contribution < 1.29 is 9.53 Å². The average molecular weight is 266 g/mol. The molecule has 0 saturated carbocycles. The molecule has 0 heterocycles. The zero-order chi connectivity index (χ0) is 14.5. The molecule has 0 aromatic rings. The third-order valence-corrected chi connectivity index (χ3v) is 3.27. The molecule has 2 atom stereocenters.